The minimum absolute atomic E-state index is 0.0124. The highest BCUT2D eigenvalue weighted by atomic mass is 32.2. The van der Waals surface area contributed by atoms with Gasteiger partial charge in [-0.25, -0.2) is 8.42 Å². The van der Waals surface area contributed by atoms with Crippen molar-refractivity contribution in [2.75, 3.05) is 50.9 Å². The van der Waals surface area contributed by atoms with Crippen molar-refractivity contribution < 1.29 is 22.7 Å². The minimum Gasteiger partial charge on any atom is -0.476 e. The van der Waals surface area contributed by atoms with Gasteiger partial charge in [0.1, 0.15) is 12.0 Å². The lowest BCUT2D eigenvalue weighted by atomic mass is 9.46. The second-order valence-corrected chi connectivity index (χ2v) is 25.9. The summed E-state index contributed by atoms with van der Waals surface area (Å²) in [6, 6.07) is 1.93. The Morgan fingerprint density at radius 2 is 1.73 bits per heavy atom. The molecule has 1 spiro atoms. The topological polar surface area (TPSA) is 97.8 Å². The van der Waals surface area contributed by atoms with Crippen LogP contribution < -0.4 is 10.1 Å². The van der Waals surface area contributed by atoms with E-state index in [1.807, 2.05) is 19.9 Å². The monoisotopic (exact) mass is 904 g/mol. The lowest BCUT2D eigenvalue weighted by molar-refractivity contribution is -0.158. The van der Waals surface area contributed by atoms with Crippen LogP contribution in [0.3, 0.4) is 0 Å². The van der Waals surface area contributed by atoms with Crippen LogP contribution in [0.5, 0.6) is 5.88 Å². The number of hydrogen-bond donors (Lipinski definition) is 1. The summed E-state index contributed by atoms with van der Waals surface area (Å²) < 4.78 is 40.8. The highest BCUT2D eigenvalue weighted by Gasteiger charge is 2.85. The average molecular weight is 904 g/mol. The Morgan fingerprint density at radius 1 is 0.968 bits per heavy atom. The Balaban J connectivity index is 1.03. The van der Waals surface area contributed by atoms with Crippen molar-refractivity contribution >= 4 is 32.9 Å². The Labute approximate surface area is 385 Å². The van der Waals surface area contributed by atoms with Gasteiger partial charge in [0.25, 0.3) is 0 Å². The molecule has 1 N–H and O–H groups in total. The maximum Gasteiger partial charge on any atom is 0.315 e. The molecule has 350 valence electrons. The average Bonchev–Trinajstić information content (AvgIpc) is 3.50. The molecule has 2 heterocycles. The van der Waals surface area contributed by atoms with E-state index in [2.05, 4.69) is 74.9 Å². The smallest absolute Gasteiger partial charge is 0.315 e. The molecule has 10 heteroatoms. The molecule has 1 saturated heterocycles. The van der Waals surface area contributed by atoms with Crippen LogP contribution in [0, 0.1) is 56.7 Å². The van der Waals surface area contributed by atoms with Crippen molar-refractivity contribution in [2.45, 2.75) is 151 Å². The van der Waals surface area contributed by atoms with Crippen molar-refractivity contribution in [2.24, 2.45) is 56.7 Å². The normalized spacial score (nSPS) is 40.6. The molecule has 7 aliphatic rings. The molecule has 8 rings (SSSR count). The molecule has 0 bridgehead atoms. The third-order valence-corrected chi connectivity index (χ3v) is 22.1. The molecule has 0 amide bonds. The summed E-state index contributed by atoms with van der Waals surface area (Å²) in [5, 5.41) is 4.33. The molecular formula is C53H81N3O5S2. The number of nitrogens with zero attached hydrogens (tertiary/aromatic N) is 2. The van der Waals surface area contributed by atoms with Crippen LogP contribution in [-0.2, 0) is 19.4 Å². The molecule has 3 unspecified atom stereocenters. The maximum atomic E-state index is 13.7. The van der Waals surface area contributed by atoms with Gasteiger partial charge in [-0.2, -0.15) is 4.37 Å². The third kappa shape index (κ3) is 8.00. The number of carbonyl (C=O) groups is 1. The number of carbonyl (C=O) groups excluding carboxylic acids is 1. The SMILES string of the molecule is C=C(C)c1cc(OCC2(C(=O)OCC)CC=C(/C3=C/CC[C@H]4CCCC5C6[C@]57[C@H](C(=C)C)CC[C@]7(NCCN5CCS(=O)(=O)CC5)CC[C@@]6(C)[C@]4(C)CC[C@H](C)C3(C)C)CC2)ns1. The first-order valence-electron chi connectivity index (χ1n) is 24.9. The van der Waals surface area contributed by atoms with E-state index < -0.39 is 15.3 Å². The number of allylic oxidation sites excluding steroid dienone is 6. The van der Waals surface area contributed by atoms with Gasteiger partial charge in [0.05, 0.1) is 23.0 Å². The number of fused-ring (bicyclic) bond motifs is 2. The van der Waals surface area contributed by atoms with Crippen LogP contribution in [0.15, 0.2) is 48.1 Å². The molecule has 1 aliphatic heterocycles. The Hall–Kier alpha value is -2.27. The molecule has 10 atom stereocenters. The number of sulfone groups is 1. The molecule has 1 aromatic heterocycles. The van der Waals surface area contributed by atoms with Crippen molar-refractivity contribution in [3.63, 3.8) is 0 Å². The predicted molar refractivity (Wildman–Crippen MR) is 258 cm³/mol. The van der Waals surface area contributed by atoms with E-state index in [0.717, 1.165) is 42.3 Å². The summed E-state index contributed by atoms with van der Waals surface area (Å²) in [6.07, 6.45) is 21.0. The summed E-state index contributed by atoms with van der Waals surface area (Å²) in [7, 11) is -2.88. The van der Waals surface area contributed by atoms with Gasteiger partial charge < -0.3 is 19.7 Å². The summed E-state index contributed by atoms with van der Waals surface area (Å²) in [5.41, 5.74) is 5.44. The zero-order valence-corrected chi connectivity index (χ0v) is 42.0. The number of ether oxygens (including phenoxy) is 2. The van der Waals surface area contributed by atoms with Gasteiger partial charge in [-0.1, -0.05) is 71.9 Å². The first-order chi connectivity index (χ1) is 29.8. The zero-order chi connectivity index (χ0) is 45.2. The standard InChI is InChI=1S/C53H81N3O5S2/c1-11-60-47(57)51(35-61-45-34-44(37(4)5)62-55-45)23-19-39(20-24-51)42-16-12-14-40-15-13-17-43-46-50(10,49(40,9)22-18-38(6)48(42,7)8)26-27-52(25-21-41(36(2)3)53(43,46)52)54-28-29-56-30-32-63(58,59)33-31-56/h16,19,34,38,40-41,43,46,54H,2,4,11-15,17-18,20-33,35H2,1,3,5-10H3/b42-16-/t38-,40-,41-,43?,46?,49+,50+,51?,52-,53-/m0/s1. The van der Waals surface area contributed by atoms with E-state index in [4.69, 9.17) is 16.1 Å². The lowest BCUT2D eigenvalue weighted by Gasteiger charge is -2.59. The van der Waals surface area contributed by atoms with Crippen molar-refractivity contribution in [1.82, 2.24) is 14.6 Å². The van der Waals surface area contributed by atoms with E-state index in [-0.39, 0.29) is 39.8 Å². The number of aromatic nitrogens is 1. The first kappa shape index (κ1) is 47.2. The van der Waals surface area contributed by atoms with Gasteiger partial charge in [0.15, 0.2) is 9.84 Å². The molecule has 0 radical (unpaired) electrons. The van der Waals surface area contributed by atoms with Crippen molar-refractivity contribution in [3.8, 4) is 5.88 Å². The Bertz CT molecular complexity index is 2090. The van der Waals surface area contributed by atoms with Crippen molar-refractivity contribution in [1.29, 1.82) is 0 Å². The molecule has 1 aromatic rings. The maximum absolute atomic E-state index is 13.7. The summed E-state index contributed by atoms with van der Waals surface area (Å²) in [4.78, 5) is 17.1. The summed E-state index contributed by atoms with van der Waals surface area (Å²) >= 11 is 1.38. The molecule has 0 aromatic carbocycles. The van der Waals surface area contributed by atoms with E-state index in [0.29, 0.717) is 73.6 Å². The summed E-state index contributed by atoms with van der Waals surface area (Å²) in [6.45, 7) is 31.8. The van der Waals surface area contributed by atoms with Gasteiger partial charge in [-0.05, 0) is 178 Å². The zero-order valence-electron chi connectivity index (χ0n) is 40.3. The van der Waals surface area contributed by atoms with E-state index in [9.17, 15) is 13.2 Å². The Morgan fingerprint density at radius 3 is 2.40 bits per heavy atom. The molecule has 63 heavy (non-hydrogen) atoms. The van der Waals surface area contributed by atoms with Gasteiger partial charge >= 0.3 is 5.97 Å². The summed E-state index contributed by atoms with van der Waals surface area (Å²) in [5.74, 6) is 4.18. The molecule has 5 fully saturated rings. The van der Waals surface area contributed by atoms with Crippen LogP contribution >= 0.6 is 11.5 Å². The van der Waals surface area contributed by atoms with Crippen LogP contribution in [0.2, 0.25) is 0 Å². The lowest BCUT2D eigenvalue weighted by Crippen LogP contribution is -2.60. The second-order valence-electron chi connectivity index (χ2n) is 22.8. The number of hydrogen-bond acceptors (Lipinski definition) is 9. The Kier molecular flexibility index (Phi) is 13.1. The molecule has 6 aliphatic carbocycles. The quantitative estimate of drug-likeness (QED) is 0.164. The first-order valence-corrected chi connectivity index (χ1v) is 27.5. The van der Waals surface area contributed by atoms with E-state index in [1.54, 1.807) is 0 Å². The fraction of sp³-hybridized carbons (Fsp3) is 0.774. The molecular weight excluding hydrogens is 823 g/mol. The fourth-order valence-corrected chi connectivity index (χ4v) is 17.3. The molecule has 8 nitrogen and oxygen atoms in total. The second kappa shape index (κ2) is 17.4. The fourth-order valence-electron chi connectivity index (χ4n) is 15.4. The predicted octanol–water partition coefficient (Wildman–Crippen LogP) is 11.3. The minimum atomic E-state index is -2.88. The van der Waals surface area contributed by atoms with Crippen molar-refractivity contribution in [3.05, 3.63) is 53.0 Å². The number of rotatable bonds is 12. The van der Waals surface area contributed by atoms with Crippen LogP contribution in [0.25, 0.3) is 5.57 Å². The van der Waals surface area contributed by atoms with Gasteiger partial charge in [0, 0.05) is 43.2 Å². The van der Waals surface area contributed by atoms with Crippen LogP contribution in [0.4, 0.5) is 0 Å². The number of esters is 1. The van der Waals surface area contributed by atoms with Gasteiger partial charge in [0.2, 0.25) is 5.88 Å². The van der Waals surface area contributed by atoms with Crippen LogP contribution in [-0.4, -0.2) is 80.1 Å². The molecule has 4 saturated carbocycles. The number of nitrogens with one attached hydrogen (secondary N) is 1. The highest BCUT2D eigenvalue weighted by Crippen LogP contribution is 2.87. The highest BCUT2D eigenvalue weighted by molar-refractivity contribution is 7.91. The van der Waals surface area contributed by atoms with Gasteiger partial charge in [-0.3, -0.25) is 4.79 Å². The third-order valence-electron chi connectivity index (χ3n) is 19.6. The largest absolute Gasteiger partial charge is 0.476 e. The van der Waals surface area contributed by atoms with Crippen LogP contribution in [0.1, 0.15) is 150 Å². The van der Waals surface area contributed by atoms with E-state index >= 15 is 0 Å². The van der Waals surface area contributed by atoms with E-state index in [1.165, 1.54) is 92.5 Å². The van der Waals surface area contributed by atoms with Gasteiger partial charge in [-0.15, -0.1) is 0 Å².